The molecule has 3 N–H and O–H groups in total. The van der Waals surface area contributed by atoms with Crippen molar-refractivity contribution in [3.8, 4) is 17.2 Å². The molecular formula is C10H11N3O5. The van der Waals surface area contributed by atoms with E-state index < -0.39 is 5.75 Å². The molecule has 0 bridgehead atoms. The van der Waals surface area contributed by atoms with Crippen LogP contribution in [0.3, 0.4) is 0 Å². The van der Waals surface area contributed by atoms with Gasteiger partial charge < -0.3 is 30.7 Å². The molecule has 1 aromatic heterocycles. The Labute approximate surface area is 102 Å². The Balaban J connectivity index is 3.02. The smallest absolute Gasteiger partial charge is 0.342 e. The van der Waals surface area contributed by atoms with Gasteiger partial charge in [-0.15, -0.1) is 0 Å². The van der Waals surface area contributed by atoms with E-state index >= 15 is 0 Å². The molecule has 1 heterocycles. The highest BCUT2D eigenvalue weighted by Crippen LogP contribution is 2.45. The largest absolute Gasteiger partial charge is 0.561 e. The minimum atomic E-state index is -0.501. The minimum Gasteiger partial charge on any atom is -0.561 e. The second kappa shape index (κ2) is 3.99. The van der Waals surface area contributed by atoms with Gasteiger partial charge in [0.2, 0.25) is 11.5 Å². The Kier molecular flexibility index (Phi) is 2.62. The maximum absolute atomic E-state index is 11.6. The van der Waals surface area contributed by atoms with Crippen molar-refractivity contribution in [2.45, 2.75) is 0 Å². The topological polar surface area (TPSA) is 119 Å². The van der Waals surface area contributed by atoms with Gasteiger partial charge in [-0.3, -0.25) is 0 Å². The quantitative estimate of drug-likeness (QED) is 0.319. The Morgan fingerprint density at radius 2 is 1.83 bits per heavy atom. The Morgan fingerprint density at radius 3 is 2.39 bits per heavy atom. The summed E-state index contributed by atoms with van der Waals surface area (Å²) in [6, 6.07) is 1.31. The van der Waals surface area contributed by atoms with Crippen molar-refractivity contribution in [2.75, 3.05) is 20.0 Å². The normalized spacial score (nSPS) is 10.6. The third kappa shape index (κ3) is 1.39. The molecule has 0 amide bonds. The summed E-state index contributed by atoms with van der Waals surface area (Å²) in [6.45, 7) is 0. The average molecular weight is 253 g/mol. The fraction of sp³-hybridized carbons (Fsp3) is 0.200. The summed E-state index contributed by atoms with van der Waals surface area (Å²) in [5.41, 5.74) is 5.64. The van der Waals surface area contributed by atoms with Crippen molar-refractivity contribution in [1.29, 1.82) is 0 Å². The summed E-state index contributed by atoms with van der Waals surface area (Å²) >= 11 is 0. The fourth-order valence-electron chi connectivity index (χ4n) is 1.77. The molecule has 0 fully saturated rings. The number of anilines is 1. The van der Waals surface area contributed by atoms with Gasteiger partial charge >= 0.3 is 5.52 Å². The van der Waals surface area contributed by atoms with Crippen molar-refractivity contribution < 1.29 is 24.3 Å². The highest BCUT2D eigenvalue weighted by Gasteiger charge is 2.28. The molecule has 2 aromatic rings. The lowest BCUT2D eigenvalue weighted by molar-refractivity contribution is -1.18. The summed E-state index contributed by atoms with van der Waals surface area (Å²) in [5, 5.41) is 33.0. The molecule has 0 aliphatic heterocycles. The predicted molar refractivity (Wildman–Crippen MR) is 61.0 cm³/mol. The maximum atomic E-state index is 11.6. The van der Waals surface area contributed by atoms with E-state index in [-0.39, 0.29) is 37.8 Å². The van der Waals surface area contributed by atoms with Crippen LogP contribution in [0.15, 0.2) is 12.3 Å². The van der Waals surface area contributed by atoms with Gasteiger partial charge in [0, 0.05) is 6.07 Å². The summed E-state index contributed by atoms with van der Waals surface area (Å²) in [5.74, 6) is -0.497. The number of phenolic OH excluding ortho intramolecular Hbond substituents is 1. The van der Waals surface area contributed by atoms with Gasteiger partial charge in [0.25, 0.3) is 6.20 Å². The van der Waals surface area contributed by atoms with Crippen molar-refractivity contribution in [1.82, 2.24) is 0 Å². The molecule has 0 radical (unpaired) electrons. The lowest BCUT2D eigenvalue weighted by Gasteiger charge is -2.13. The first-order valence-electron chi connectivity index (χ1n) is 4.91. The second-order valence-electron chi connectivity index (χ2n) is 3.48. The number of fused-ring (bicyclic) bond motifs is 1. The summed E-state index contributed by atoms with van der Waals surface area (Å²) in [4.78, 5) is -0.00358. The Hall–Kier alpha value is -2.64. The molecule has 18 heavy (non-hydrogen) atoms. The van der Waals surface area contributed by atoms with E-state index in [1.807, 2.05) is 0 Å². The van der Waals surface area contributed by atoms with Gasteiger partial charge in [-0.25, -0.2) is 0 Å². The number of aromatic nitrogens is 2. The summed E-state index contributed by atoms with van der Waals surface area (Å²) < 4.78 is 9.95. The van der Waals surface area contributed by atoms with E-state index in [1.165, 1.54) is 20.3 Å². The van der Waals surface area contributed by atoms with E-state index in [0.29, 0.717) is 0 Å². The van der Waals surface area contributed by atoms with E-state index in [1.54, 1.807) is 0 Å². The van der Waals surface area contributed by atoms with Crippen molar-refractivity contribution in [3.05, 3.63) is 22.7 Å². The van der Waals surface area contributed by atoms with Crippen LogP contribution in [0, 0.1) is 10.4 Å². The van der Waals surface area contributed by atoms with Gasteiger partial charge in [0.1, 0.15) is 0 Å². The first-order valence-corrected chi connectivity index (χ1v) is 4.91. The van der Waals surface area contributed by atoms with Crippen molar-refractivity contribution in [3.63, 3.8) is 0 Å². The number of hydrogen-bond acceptors (Lipinski definition) is 6. The van der Waals surface area contributed by atoms with E-state index in [9.17, 15) is 15.5 Å². The lowest BCUT2D eigenvalue weighted by Crippen LogP contribution is -2.60. The maximum Gasteiger partial charge on any atom is 0.342 e. The molecule has 2 rings (SSSR count). The number of ether oxygens (including phenoxy) is 2. The molecule has 1 aromatic carbocycles. The summed E-state index contributed by atoms with van der Waals surface area (Å²) in [7, 11) is 2.63. The van der Waals surface area contributed by atoms with Crippen LogP contribution in [0.1, 0.15) is 0 Å². The molecule has 0 atom stereocenters. The van der Waals surface area contributed by atoms with Crippen LogP contribution < -0.4 is 24.9 Å². The van der Waals surface area contributed by atoms with E-state index in [4.69, 9.17) is 15.2 Å². The number of benzene rings is 1. The zero-order valence-electron chi connectivity index (χ0n) is 9.71. The fourth-order valence-corrected chi connectivity index (χ4v) is 1.77. The zero-order chi connectivity index (χ0) is 13.4. The zero-order valence-corrected chi connectivity index (χ0v) is 9.71. The number of phenols is 1. The second-order valence-corrected chi connectivity index (χ2v) is 3.48. The predicted octanol–water partition coefficient (Wildman–Crippen LogP) is -0.588. The average Bonchev–Trinajstić information content (AvgIpc) is 2.36. The van der Waals surface area contributed by atoms with Gasteiger partial charge in [-0.05, 0) is 0 Å². The number of rotatable bonds is 2. The van der Waals surface area contributed by atoms with Crippen LogP contribution >= 0.6 is 0 Å². The monoisotopic (exact) mass is 253 g/mol. The number of nitrogens with two attached hydrogens (primary N) is 1. The molecule has 0 aliphatic rings. The van der Waals surface area contributed by atoms with Gasteiger partial charge in [-0.2, -0.15) is 0 Å². The Bertz CT molecular complexity index is 629. The van der Waals surface area contributed by atoms with Crippen molar-refractivity contribution >= 4 is 16.6 Å². The van der Waals surface area contributed by atoms with Crippen LogP contribution in [-0.2, 0) is 0 Å². The van der Waals surface area contributed by atoms with Crippen molar-refractivity contribution in [2.24, 2.45) is 0 Å². The lowest BCUT2D eigenvalue weighted by atomic mass is 10.1. The molecule has 0 saturated heterocycles. The molecule has 96 valence electrons. The first kappa shape index (κ1) is 11.8. The molecular weight excluding hydrogens is 242 g/mol. The number of aromatic hydroxyl groups is 1. The molecule has 0 spiro atoms. The summed E-state index contributed by atoms with van der Waals surface area (Å²) in [6.07, 6.45) is 0.983. The Morgan fingerprint density at radius 1 is 1.22 bits per heavy atom. The van der Waals surface area contributed by atoms with E-state index in [2.05, 4.69) is 0 Å². The van der Waals surface area contributed by atoms with Gasteiger partial charge in [0.05, 0.1) is 35.0 Å². The number of nitrogens with zero attached hydrogens (tertiary/aromatic N) is 2. The van der Waals surface area contributed by atoms with Crippen LogP contribution in [0.4, 0.5) is 5.69 Å². The third-order valence-corrected chi connectivity index (χ3v) is 2.58. The standard InChI is InChI=1S/C10H11N3O5/c1-17-9-6(11)5-3-4-12(15)13(16)7(5)8(14)10(9)18-2/h3-4,14H,11H2,1-2H3. The van der Waals surface area contributed by atoms with Gasteiger partial charge in [-0.1, -0.05) is 0 Å². The highest BCUT2D eigenvalue weighted by molar-refractivity contribution is 5.98. The molecule has 8 nitrogen and oxygen atoms in total. The molecule has 0 unspecified atom stereocenters. The SMILES string of the molecule is COc1c(OC)c(O)c2c(cc[n+]([O-])[n+]2[O-])c1N. The number of methoxy groups -OCH3 is 2. The van der Waals surface area contributed by atoms with Crippen LogP contribution in [-0.4, -0.2) is 19.3 Å². The van der Waals surface area contributed by atoms with E-state index in [0.717, 1.165) is 6.20 Å². The first-order chi connectivity index (χ1) is 8.52. The molecule has 0 saturated carbocycles. The van der Waals surface area contributed by atoms with Gasteiger partial charge in [0.15, 0.2) is 5.75 Å². The molecule has 0 aliphatic carbocycles. The van der Waals surface area contributed by atoms with Crippen LogP contribution in [0.25, 0.3) is 10.9 Å². The van der Waals surface area contributed by atoms with Crippen LogP contribution in [0.5, 0.6) is 17.2 Å². The third-order valence-electron chi connectivity index (χ3n) is 2.58. The number of hydrogen-bond donors (Lipinski definition) is 2. The number of nitrogen functional groups attached to an aromatic ring is 1. The minimum absolute atomic E-state index is 0.0212. The highest BCUT2D eigenvalue weighted by atomic mass is 16.6. The van der Waals surface area contributed by atoms with Crippen LogP contribution in [0.2, 0.25) is 0 Å². The molecule has 8 heteroatoms.